The number of furan rings is 1. The molecular formula is C71H71BN4OS. The quantitative estimate of drug-likeness (QED) is 0.165. The predicted octanol–water partition coefficient (Wildman–Crippen LogP) is 18.4. The Hall–Kier alpha value is -7.35. The van der Waals surface area contributed by atoms with Crippen molar-refractivity contribution in [2.24, 2.45) is 0 Å². The summed E-state index contributed by atoms with van der Waals surface area (Å²) in [5.41, 5.74) is 21.9. The summed E-state index contributed by atoms with van der Waals surface area (Å²) < 4.78 is 9.06. The van der Waals surface area contributed by atoms with Gasteiger partial charge in [0.2, 0.25) is 0 Å². The molecule has 0 amide bonds. The minimum Gasteiger partial charge on any atom is -0.456 e. The summed E-state index contributed by atoms with van der Waals surface area (Å²) in [6.07, 6.45) is 0. The van der Waals surface area contributed by atoms with Crippen molar-refractivity contribution in [3.8, 4) is 16.3 Å². The van der Waals surface area contributed by atoms with Crippen molar-refractivity contribution in [3.63, 3.8) is 0 Å². The third-order valence-corrected chi connectivity index (χ3v) is 17.9. The van der Waals surface area contributed by atoms with Crippen LogP contribution in [0.25, 0.3) is 60.0 Å². The first-order valence-corrected chi connectivity index (χ1v) is 28.8. The highest BCUT2D eigenvalue weighted by molar-refractivity contribution is 7.22. The Morgan fingerprint density at radius 2 is 0.923 bits per heavy atom. The number of fused-ring (bicyclic) bond motifs is 10. The van der Waals surface area contributed by atoms with E-state index in [1.807, 2.05) is 11.3 Å². The van der Waals surface area contributed by atoms with Crippen LogP contribution in [0.15, 0.2) is 162 Å². The minimum absolute atomic E-state index is 0.00199. The number of hydrogen-bond donors (Lipinski definition) is 0. The Morgan fingerprint density at radius 1 is 0.410 bits per heavy atom. The summed E-state index contributed by atoms with van der Waals surface area (Å²) >= 11 is 1.81. The Labute approximate surface area is 465 Å². The summed E-state index contributed by atoms with van der Waals surface area (Å²) in [5, 5.41) is 6.85. The van der Waals surface area contributed by atoms with E-state index in [2.05, 4.69) is 276 Å². The highest BCUT2D eigenvalue weighted by atomic mass is 32.1. The zero-order chi connectivity index (χ0) is 54.7. The van der Waals surface area contributed by atoms with Gasteiger partial charge in [-0.1, -0.05) is 188 Å². The van der Waals surface area contributed by atoms with E-state index < -0.39 is 0 Å². The maximum atomic E-state index is 6.55. The standard InChI is InChI=1S/C71H71BN4OS/c1-67(2,3)43-25-29-48(30-26-43)74-58-31-27-45(69(7,8)9)39-55(58)72-63-59(74)40-50(75-56-22-18-16-20-51(56)52-21-17-19-23-57(52)75)41-60(63)76(49-36-46(70(10,11)12)35-47(37-49)71(13,14)15)66-64(72)73-65(78-66)42-24-32-61-53(34-42)54-38-44(68(4,5)6)28-33-62(54)77-61/h16-41H,1-15H3. The van der Waals surface area contributed by atoms with Crippen molar-refractivity contribution >= 4 is 112 Å². The first-order chi connectivity index (χ1) is 36.8. The van der Waals surface area contributed by atoms with E-state index in [0.29, 0.717) is 0 Å². The molecule has 13 rings (SSSR count). The number of anilines is 6. The number of rotatable bonds is 4. The van der Waals surface area contributed by atoms with Crippen molar-refractivity contribution in [1.29, 1.82) is 0 Å². The molecule has 0 saturated heterocycles. The van der Waals surface area contributed by atoms with Gasteiger partial charge in [0.1, 0.15) is 21.2 Å². The van der Waals surface area contributed by atoms with Crippen molar-refractivity contribution < 1.29 is 4.42 Å². The molecule has 11 aromatic rings. The number of nitrogens with zero attached hydrogens (tertiary/aromatic N) is 4. The minimum atomic E-state index is -0.179. The zero-order valence-electron chi connectivity index (χ0n) is 48.2. The molecule has 78 heavy (non-hydrogen) atoms. The van der Waals surface area contributed by atoms with Gasteiger partial charge in [-0.3, -0.25) is 0 Å². The van der Waals surface area contributed by atoms with Gasteiger partial charge in [-0.05, 0) is 151 Å². The molecule has 0 fully saturated rings. The summed E-state index contributed by atoms with van der Waals surface area (Å²) in [6, 6.07) is 60.2. The highest BCUT2D eigenvalue weighted by Crippen LogP contribution is 2.50. The number of aromatic nitrogens is 2. The van der Waals surface area contributed by atoms with Crippen LogP contribution in [0.4, 0.5) is 33.4 Å². The van der Waals surface area contributed by atoms with Crippen LogP contribution < -0.4 is 26.3 Å². The average Bonchev–Trinajstić information content (AvgIpc) is 3.31. The second kappa shape index (κ2) is 17.1. The fourth-order valence-electron chi connectivity index (χ4n) is 12.2. The normalized spacial score (nSPS) is 14.0. The van der Waals surface area contributed by atoms with Gasteiger partial charge in [-0.2, -0.15) is 0 Å². The smallest absolute Gasteiger partial charge is 0.276 e. The van der Waals surface area contributed by atoms with E-state index in [4.69, 9.17) is 9.40 Å². The Bertz CT molecular complexity index is 4160. The van der Waals surface area contributed by atoms with Crippen molar-refractivity contribution in [2.75, 3.05) is 9.80 Å². The molecule has 5 nitrogen and oxygen atoms in total. The molecule has 7 heteroatoms. The Balaban J connectivity index is 1.17. The van der Waals surface area contributed by atoms with Gasteiger partial charge in [-0.25, -0.2) is 4.98 Å². The molecule has 2 aliphatic rings. The molecular weight excluding hydrogens is 968 g/mol. The van der Waals surface area contributed by atoms with Crippen molar-refractivity contribution in [2.45, 2.75) is 131 Å². The largest absolute Gasteiger partial charge is 0.456 e. The van der Waals surface area contributed by atoms with Gasteiger partial charge in [0.05, 0.1) is 22.3 Å². The summed E-state index contributed by atoms with van der Waals surface area (Å²) in [6.45, 7) is 34.6. The van der Waals surface area contributed by atoms with Crippen molar-refractivity contribution in [3.05, 3.63) is 186 Å². The molecule has 0 radical (unpaired) electrons. The van der Waals surface area contributed by atoms with Gasteiger partial charge < -0.3 is 18.8 Å². The molecule has 0 spiro atoms. The molecule has 3 aromatic heterocycles. The first-order valence-electron chi connectivity index (χ1n) is 28.0. The summed E-state index contributed by atoms with van der Waals surface area (Å²) in [5.74, 6) is 0. The van der Waals surface area contributed by atoms with Gasteiger partial charge in [0, 0.05) is 55.5 Å². The second-order valence-corrected chi connectivity index (χ2v) is 28.4. The van der Waals surface area contributed by atoms with E-state index in [9.17, 15) is 0 Å². The van der Waals surface area contributed by atoms with Gasteiger partial charge in [-0.15, -0.1) is 0 Å². The molecule has 2 aliphatic heterocycles. The SMILES string of the molecule is CC(C)(C)c1ccc(N2c3ccc(C(C)(C)C)cc3B3c4nc(-c5ccc6oc7ccc(C(C)(C)C)cc7c6c5)sc4N(c4cc(C(C)(C)C)cc(C(C)(C)C)c4)c4cc(-n5c6ccccc6c6ccccc65)cc2c43)cc1. The monoisotopic (exact) mass is 1040 g/mol. The molecule has 0 saturated carbocycles. The fraction of sp³-hybridized carbons (Fsp3) is 0.282. The second-order valence-electron chi connectivity index (χ2n) is 27.4. The maximum Gasteiger partial charge on any atom is 0.276 e. The van der Waals surface area contributed by atoms with Crippen LogP contribution in [0.1, 0.15) is 132 Å². The lowest BCUT2D eigenvalue weighted by Crippen LogP contribution is -2.61. The predicted molar refractivity (Wildman–Crippen MR) is 337 cm³/mol. The molecule has 0 atom stereocenters. The van der Waals surface area contributed by atoms with Crippen LogP contribution in [0.3, 0.4) is 0 Å². The van der Waals surface area contributed by atoms with Gasteiger partial charge in [0.25, 0.3) is 6.71 Å². The van der Waals surface area contributed by atoms with E-state index in [1.165, 1.54) is 66.2 Å². The topological polar surface area (TPSA) is 37.4 Å². The molecule has 5 heterocycles. The van der Waals surface area contributed by atoms with Gasteiger partial charge >= 0.3 is 0 Å². The Morgan fingerprint density at radius 3 is 1.51 bits per heavy atom. The van der Waals surface area contributed by atoms with Crippen LogP contribution in [0.2, 0.25) is 0 Å². The van der Waals surface area contributed by atoms with Crippen LogP contribution >= 0.6 is 11.3 Å². The zero-order valence-corrected chi connectivity index (χ0v) is 49.0. The van der Waals surface area contributed by atoms with E-state index in [1.54, 1.807) is 0 Å². The highest BCUT2D eigenvalue weighted by Gasteiger charge is 2.47. The van der Waals surface area contributed by atoms with E-state index in [0.717, 1.165) is 71.5 Å². The lowest BCUT2D eigenvalue weighted by atomic mass is 9.35. The number of thiazole rings is 1. The summed E-state index contributed by atoms with van der Waals surface area (Å²) in [7, 11) is 0. The molecule has 0 unspecified atom stereocenters. The average molecular weight is 1040 g/mol. The lowest BCUT2D eigenvalue weighted by Gasteiger charge is -2.43. The summed E-state index contributed by atoms with van der Waals surface area (Å²) in [4.78, 5) is 11.2. The lowest BCUT2D eigenvalue weighted by molar-refractivity contribution is 0.569. The van der Waals surface area contributed by atoms with Crippen LogP contribution in [-0.2, 0) is 27.1 Å². The number of benzene rings is 8. The molecule has 0 N–H and O–H groups in total. The number of para-hydroxylation sites is 2. The fourth-order valence-corrected chi connectivity index (χ4v) is 13.3. The molecule has 0 bridgehead atoms. The molecule has 8 aromatic carbocycles. The van der Waals surface area contributed by atoms with Crippen LogP contribution in [-0.4, -0.2) is 16.3 Å². The first kappa shape index (κ1) is 50.2. The third kappa shape index (κ3) is 8.04. The Kier molecular flexibility index (Phi) is 11.0. The van der Waals surface area contributed by atoms with Crippen LogP contribution in [0.5, 0.6) is 0 Å². The molecule has 0 aliphatic carbocycles. The maximum absolute atomic E-state index is 6.55. The van der Waals surface area contributed by atoms with E-state index in [-0.39, 0.29) is 33.8 Å². The number of hydrogen-bond acceptors (Lipinski definition) is 5. The van der Waals surface area contributed by atoms with Crippen molar-refractivity contribution in [1.82, 2.24) is 9.55 Å². The van der Waals surface area contributed by atoms with E-state index >= 15 is 0 Å². The van der Waals surface area contributed by atoms with Gasteiger partial charge in [0.15, 0.2) is 0 Å². The molecule has 390 valence electrons. The van der Waals surface area contributed by atoms with Crippen LogP contribution in [0, 0.1) is 0 Å². The third-order valence-electron chi connectivity index (χ3n) is 16.8.